The maximum Gasteiger partial charge on any atom is 0.416 e. The molecule has 2 rings (SSSR count). The highest BCUT2D eigenvalue weighted by atomic mass is 32.2. The number of benzene rings is 1. The highest BCUT2D eigenvalue weighted by molar-refractivity contribution is 7.84. The van der Waals surface area contributed by atoms with Gasteiger partial charge in [-0.3, -0.25) is 4.21 Å². The van der Waals surface area contributed by atoms with Gasteiger partial charge in [-0.1, -0.05) is 25.3 Å². The van der Waals surface area contributed by atoms with Gasteiger partial charge < -0.3 is 5.73 Å². The first-order valence-electron chi connectivity index (χ1n) is 6.70. The summed E-state index contributed by atoms with van der Waals surface area (Å²) in [5.74, 6) is -0.0419. The van der Waals surface area contributed by atoms with Crippen molar-refractivity contribution < 1.29 is 17.4 Å². The first kappa shape index (κ1) is 15.4. The van der Waals surface area contributed by atoms with Crippen LogP contribution in [0.3, 0.4) is 0 Å². The lowest BCUT2D eigenvalue weighted by Gasteiger charge is -2.22. The average Bonchev–Trinajstić information content (AvgIpc) is 2.40. The second kappa shape index (κ2) is 6.16. The van der Waals surface area contributed by atoms with Crippen molar-refractivity contribution >= 4 is 16.5 Å². The Morgan fingerprint density at radius 1 is 1.20 bits per heavy atom. The topological polar surface area (TPSA) is 43.1 Å². The summed E-state index contributed by atoms with van der Waals surface area (Å²) in [7, 11) is -1.25. The van der Waals surface area contributed by atoms with E-state index in [9.17, 15) is 17.4 Å². The van der Waals surface area contributed by atoms with Gasteiger partial charge in [0.1, 0.15) is 0 Å². The van der Waals surface area contributed by atoms with Gasteiger partial charge in [0.25, 0.3) is 0 Å². The zero-order valence-corrected chi connectivity index (χ0v) is 11.9. The van der Waals surface area contributed by atoms with E-state index in [4.69, 9.17) is 5.73 Å². The Balaban J connectivity index is 2.18. The lowest BCUT2D eigenvalue weighted by molar-refractivity contribution is -0.138. The van der Waals surface area contributed by atoms with Gasteiger partial charge in [-0.15, -0.1) is 0 Å². The molecular weight excluding hydrogens is 287 g/mol. The van der Waals surface area contributed by atoms with Gasteiger partial charge >= 0.3 is 6.18 Å². The van der Waals surface area contributed by atoms with Crippen LogP contribution in [0, 0.1) is 0 Å². The van der Waals surface area contributed by atoms with Gasteiger partial charge in [0.2, 0.25) is 0 Å². The quantitative estimate of drug-likeness (QED) is 0.861. The summed E-state index contributed by atoms with van der Waals surface area (Å²) in [6.45, 7) is 0. The van der Waals surface area contributed by atoms with Crippen LogP contribution in [-0.4, -0.2) is 9.46 Å². The van der Waals surface area contributed by atoms with Crippen LogP contribution >= 0.6 is 0 Å². The monoisotopic (exact) mass is 305 g/mol. The van der Waals surface area contributed by atoms with E-state index in [-0.39, 0.29) is 22.3 Å². The normalized spacial score (nSPS) is 18.9. The predicted molar refractivity (Wildman–Crippen MR) is 74.6 cm³/mol. The Hall–Kier alpha value is -1.04. The molecule has 20 heavy (non-hydrogen) atoms. The van der Waals surface area contributed by atoms with Crippen LogP contribution in [0.25, 0.3) is 0 Å². The van der Waals surface area contributed by atoms with Crippen molar-refractivity contribution in [3.63, 3.8) is 0 Å². The van der Waals surface area contributed by atoms with E-state index in [0.29, 0.717) is 0 Å². The van der Waals surface area contributed by atoms with Crippen molar-refractivity contribution in [2.75, 3.05) is 5.73 Å². The molecule has 1 atom stereocenters. The Labute approximate surface area is 119 Å². The zero-order chi connectivity index (χ0) is 14.8. The Morgan fingerprint density at radius 2 is 1.85 bits per heavy atom. The summed E-state index contributed by atoms with van der Waals surface area (Å²) in [6.07, 6.45) is 0.408. The lowest BCUT2D eigenvalue weighted by atomic mass is 10.0. The molecule has 0 saturated heterocycles. The van der Waals surface area contributed by atoms with E-state index < -0.39 is 22.5 Å². The van der Waals surface area contributed by atoms with E-state index in [0.717, 1.165) is 38.2 Å². The lowest BCUT2D eigenvalue weighted by Crippen LogP contribution is -2.21. The van der Waals surface area contributed by atoms with Crippen molar-refractivity contribution in [1.29, 1.82) is 0 Å². The Kier molecular flexibility index (Phi) is 4.73. The van der Waals surface area contributed by atoms with Crippen molar-refractivity contribution in [3.05, 3.63) is 29.3 Å². The zero-order valence-electron chi connectivity index (χ0n) is 11.1. The molecule has 6 heteroatoms. The number of hydrogen-bond donors (Lipinski definition) is 1. The molecule has 1 saturated carbocycles. The third-order valence-corrected chi connectivity index (χ3v) is 5.47. The van der Waals surface area contributed by atoms with E-state index in [2.05, 4.69) is 0 Å². The molecule has 1 aromatic carbocycles. The van der Waals surface area contributed by atoms with Gasteiger partial charge in [-0.25, -0.2) is 0 Å². The number of rotatable bonds is 3. The smallest absolute Gasteiger partial charge is 0.399 e. The molecule has 0 aromatic heterocycles. The van der Waals surface area contributed by atoms with Crippen molar-refractivity contribution in [2.45, 2.75) is 49.3 Å². The molecule has 1 unspecified atom stereocenters. The van der Waals surface area contributed by atoms with E-state index in [1.165, 1.54) is 12.1 Å². The highest BCUT2D eigenvalue weighted by Crippen LogP contribution is 2.34. The summed E-state index contributed by atoms with van der Waals surface area (Å²) in [5, 5.41) is 0.0300. The highest BCUT2D eigenvalue weighted by Gasteiger charge is 2.34. The van der Waals surface area contributed by atoms with Crippen LogP contribution in [0.1, 0.15) is 43.2 Å². The van der Waals surface area contributed by atoms with Crippen LogP contribution in [-0.2, 0) is 22.7 Å². The van der Waals surface area contributed by atoms with E-state index in [1.807, 2.05) is 0 Å². The van der Waals surface area contributed by atoms with Crippen molar-refractivity contribution in [2.24, 2.45) is 0 Å². The summed E-state index contributed by atoms with van der Waals surface area (Å²) in [4.78, 5) is 0. The number of nitrogens with two attached hydrogens (primary N) is 1. The molecule has 1 aliphatic rings. The molecule has 0 heterocycles. The Bertz CT molecular complexity index is 496. The van der Waals surface area contributed by atoms with Crippen molar-refractivity contribution in [1.82, 2.24) is 0 Å². The molecule has 0 spiro atoms. The van der Waals surface area contributed by atoms with Crippen LogP contribution < -0.4 is 5.73 Å². The van der Waals surface area contributed by atoms with Crippen LogP contribution in [0.4, 0.5) is 18.9 Å². The van der Waals surface area contributed by atoms with Gasteiger partial charge in [0.05, 0.1) is 5.56 Å². The number of alkyl halides is 3. The molecule has 1 aromatic rings. The third kappa shape index (κ3) is 3.75. The van der Waals surface area contributed by atoms with Crippen LogP contribution in [0.2, 0.25) is 0 Å². The van der Waals surface area contributed by atoms with Crippen LogP contribution in [0.5, 0.6) is 0 Å². The molecule has 112 valence electrons. The number of halogens is 3. The fourth-order valence-corrected chi connectivity index (χ4v) is 4.24. The Morgan fingerprint density at radius 3 is 2.45 bits per heavy atom. The van der Waals surface area contributed by atoms with Crippen LogP contribution in [0.15, 0.2) is 18.2 Å². The summed E-state index contributed by atoms with van der Waals surface area (Å²) >= 11 is 0. The second-order valence-corrected chi connectivity index (χ2v) is 6.92. The number of nitrogen functional groups attached to an aromatic ring is 1. The molecule has 2 nitrogen and oxygen atoms in total. The van der Waals surface area contributed by atoms with Gasteiger partial charge in [-0.05, 0) is 30.5 Å². The average molecular weight is 305 g/mol. The molecule has 1 fully saturated rings. The van der Waals surface area contributed by atoms with Gasteiger partial charge in [0, 0.05) is 27.5 Å². The molecule has 0 radical (unpaired) electrons. The molecule has 0 amide bonds. The van der Waals surface area contributed by atoms with Gasteiger partial charge in [-0.2, -0.15) is 13.2 Å². The SMILES string of the molecule is Nc1ccc(CS(=O)C2CCCCC2)c(C(F)(F)F)c1. The summed E-state index contributed by atoms with van der Waals surface area (Å²) < 4.78 is 51.1. The van der Waals surface area contributed by atoms with E-state index >= 15 is 0 Å². The minimum atomic E-state index is -4.46. The minimum Gasteiger partial charge on any atom is -0.399 e. The van der Waals surface area contributed by atoms with Gasteiger partial charge in [0.15, 0.2) is 0 Å². The first-order valence-corrected chi connectivity index (χ1v) is 8.09. The van der Waals surface area contributed by atoms with E-state index in [1.54, 1.807) is 0 Å². The molecule has 0 bridgehead atoms. The summed E-state index contributed by atoms with van der Waals surface area (Å²) in [6, 6.07) is 3.70. The van der Waals surface area contributed by atoms with Crippen molar-refractivity contribution in [3.8, 4) is 0 Å². The minimum absolute atomic E-state index is 0.0300. The maximum absolute atomic E-state index is 13.0. The fraction of sp³-hybridized carbons (Fsp3) is 0.571. The molecule has 2 N–H and O–H groups in total. The fourth-order valence-electron chi connectivity index (χ4n) is 2.58. The predicted octanol–water partition coefficient (Wildman–Crippen LogP) is 3.87. The number of hydrogen-bond acceptors (Lipinski definition) is 2. The largest absolute Gasteiger partial charge is 0.416 e. The maximum atomic E-state index is 13.0. The second-order valence-electron chi connectivity index (χ2n) is 5.20. The third-order valence-electron chi connectivity index (χ3n) is 3.66. The number of anilines is 1. The summed E-state index contributed by atoms with van der Waals surface area (Å²) in [5.41, 5.74) is 4.81. The first-order chi connectivity index (χ1) is 9.38. The standard InChI is InChI=1S/C14H18F3NOS/c15-14(16,17)13-8-11(18)7-6-10(13)9-20(19)12-4-2-1-3-5-12/h6-8,12H,1-5,9,18H2. The molecule has 0 aliphatic heterocycles. The molecular formula is C14H18F3NOS. The molecule has 1 aliphatic carbocycles.